The third kappa shape index (κ3) is 3.39. The van der Waals surface area contributed by atoms with E-state index in [1.165, 1.54) is 0 Å². The minimum Gasteiger partial charge on any atom is -0.481 e. The van der Waals surface area contributed by atoms with Crippen LogP contribution in [-0.4, -0.2) is 41.5 Å². The first-order valence-electron chi connectivity index (χ1n) is 8.19. The van der Waals surface area contributed by atoms with Crippen LogP contribution in [0.1, 0.15) is 49.8 Å². The van der Waals surface area contributed by atoms with E-state index < -0.39 is 11.9 Å². The number of nitrogens with one attached hydrogen (secondary N) is 1. The van der Waals surface area contributed by atoms with Crippen molar-refractivity contribution in [3.8, 4) is 0 Å². The van der Waals surface area contributed by atoms with Gasteiger partial charge in [-0.15, -0.1) is 0 Å². The van der Waals surface area contributed by atoms with E-state index in [4.69, 9.17) is 0 Å². The van der Waals surface area contributed by atoms with Gasteiger partial charge in [-0.3, -0.25) is 14.5 Å². The van der Waals surface area contributed by atoms with Crippen LogP contribution in [0.4, 0.5) is 0 Å². The third-order valence-corrected chi connectivity index (χ3v) is 4.98. The van der Waals surface area contributed by atoms with E-state index in [1.807, 2.05) is 24.3 Å². The topological polar surface area (TPSA) is 69.6 Å². The minimum absolute atomic E-state index is 0.0199. The number of amides is 1. The van der Waals surface area contributed by atoms with Crippen molar-refractivity contribution >= 4 is 11.9 Å². The average Bonchev–Trinajstić information content (AvgIpc) is 3.00. The van der Waals surface area contributed by atoms with Crippen LogP contribution < -0.4 is 5.32 Å². The highest BCUT2D eigenvalue weighted by Gasteiger charge is 2.36. The lowest BCUT2D eigenvalue weighted by molar-refractivity contribution is -0.139. The molecule has 1 aliphatic heterocycles. The van der Waals surface area contributed by atoms with Crippen molar-refractivity contribution in [2.45, 2.75) is 38.6 Å². The Labute approximate surface area is 136 Å². The summed E-state index contributed by atoms with van der Waals surface area (Å²) in [5, 5.41) is 12.4. The monoisotopic (exact) mass is 316 g/mol. The van der Waals surface area contributed by atoms with Crippen molar-refractivity contribution in [3.63, 3.8) is 0 Å². The van der Waals surface area contributed by atoms with Crippen LogP contribution in [0.15, 0.2) is 24.3 Å². The van der Waals surface area contributed by atoms with Gasteiger partial charge in [0.2, 0.25) is 5.91 Å². The molecule has 2 atom stereocenters. The lowest BCUT2D eigenvalue weighted by Crippen LogP contribution is -2.38. The van der Waals surface area contributed by atoms with E-state index in [0.717, 1.165) is 30.6 Å². The normalized spacial score (nSPS) is 26.0. The largest absolute Gasteiger partial charge is 0.481 e. The Morgan fingerprint density at radius 2 is 2.00 bits per heavy atom. The molecular formula is C18H24N2O3. The number of carboxylic acid groups (broad SMARTS) is 1. The summed E-state index contributed by atoms with van der Waals surface area (Å²) >= 11 is 0. The Bertz CT molecular complexity index is 626. The first-order chi connectivity index (χ1) is 10.9. The summed E-state index contributed by atoms with van der Waals surface area (Å²) in [6, 6.07) is 7.32. The minimum atomic E-state index is -0.824. The molecule has 5 heteroatoms. The molecule has 0 aromatic heterocycles. The van der Waals surface area contributed by atoms with E-state index in [1.54, 1.807) is 0 Å². The van der Waals surface area contributed by atoms with Crippen LogP contribution in [-0.2, 0) is 9.59 Å². The second-order valence-electron chi connectivity index (χ2n) is 7.50. The van der Waals surface area contributed by atoms with Crippen molar-refractivity contribution < 1.29 is 14.7 Å². The van der Waals surface area contributed by atoms with Crippen molar-refractivity contribution in [1.82, 2.24) is 10.2 Å². The highest BCUT2D eigenvalue weighted by atomic mass is 16.4. The van der Waals surface area contributed by atoms with Gasteiger partial charge in [0.15, 0.2) is 0 Å². The predicted octanol–water partition coefficient (Wildman–Crippen LogP) is 2.15. The molecule has 3 rings (SSSR count). The molecule has 2 aliphatic rings. The number of fused-ring (bicyclic) bond motifs is 1. The fourth-order valence-electron chi connectivity index (χ4n) is 3.81. The summed E-state index contributed by atoms with van der Waals surface area (Å²) in [4.78, 5) is 25.9. The molecule has 5 nitrogen and oxygen atoms in total. The molecule has 1 aromatic rings. The van der Waals surface area contributed by atoms with Gasteiger partial charge in [0.1, 0.15) is 0 Å². The van der Waals surface area contributed by atoms with Gasteiger partial charge >= 0.3 is 5.97 Å². The quantitative estimate of drug-likeness (QED) is 0.893. The number of rotatable bonds is 4. The highest BCUT2D eigenvalue weighted by molar-refractivity contribution is 5.81. The van der Waals surface area contributed by atoms with Crippen LogP contribution in [0.25, 0.3) is 0 Å². The molecule has 124 valence electrons. The molecule has 0 radical (unpaired) electrons. The molecule has 1 heterocycles. The average molecular weight is 316 g/mol. The van der Waals surface area contributed by atoms with Gasteiger partial charge in [-0.05, 0) is 35.9 Å². The first-order valence-corrected chi connectivity index (χ1v) is 8.19. The molecule has 0 bridgehead atoms. The SMILES string of the molecule is CC1(C)CCN(CC(=O)NC2CC(C(=O)O)c3ccccc32)C1. The second-order valence-corrected chi connectivity index (χ2v) is 7.50. The fraction of sp³-hybridized carbons (Fsp3) is 0.556. The number of carbonyl (C=O) groups is 2. The summed E-state index contributed by atoms with van der Waals surface area (Å²) in [5.41, 5.74) is 2.04. The predicted molar refractivity (Wildman–Crippen MR) is 87.2 cm³/mol. The summed E-state index contributed by atoms with van der Waals surface area (Å²) in [7, 11) is 0. The van der Waals surface area contributed by atoms with Crippen molar-refractivity contribution in [2.24, 2.45) is 5.41 Å². The summed E-state index contributed by atoms with van der Waals surface area (Å²) < 4.78 is 0. The maximum Gasteiger partial charge on any atom is 0.311 e. The van der Waals surface area contributed by atoms with Crippen LogP contribution in [0.3, 0.4) is 0 Å². The van der Waals surface area contributed by atoms with E-state index in [9.17, 15) is 14.7 Å². The number of carboxylic acids is 1. The van der Waals surface area contributed by atoms with Gasteiger partial charge in [0.25, 0.3) is 0 Å². The highest BCUT2D eigenvalue weighted by Crippen LogP contribution is 2.40. The smallest absolute Gasteiger partial charge is 0.311 e. The number of hydrogen-bond acceptors (Lipinski definition) is 3. The Balaban J connectivity index is 1.64. The fourth-order valence-corrected chi connectivity index (χ4v) is 3.81. The van der Waals surface area contributed by atoms with Gasteiger partial charge in [-0.2, -0.15) is 0 Å². The molecule has 2 unspecified atom stereocenters. The summed E-state index contributed by atoms with van der Waals surface area (Å²) in [5.74, 6) is -1.37. The zero-order chi connectivity index (χ0) is 16.6. The number of hydrogen-bond donors (Lipinski definition) is 2. The van der Waals surface area contributed by atoms with Gasteiger partial charge < -0.3 is 10.4 Å². The van der Waals surface area contributed by atoms with Crippen LogP contribution in [0.2, 0.25) is 0 Å². The Morgan fingerprint density at radius 1 is 1.30 bits per heavy atom. The molecule has 0 saturated carbocycles. The molecule has 1 saturated heterocycles. The molecule has 2 N–H and O–H groups in total. The Morgan fingerprint density at radius 3 is 2.61 bits per heavy atom. The Kier molecular flexibility index (Phi) is 4.15. The number of carbonyl (C=O) groups excluding carboxylic acids is 1. The molecule has 1 aliphatic carbocycles. The lowest BCUT2D eigenvalue weighted by atomic mass is 9.93. The zero-order valence-electron chi connectivity index (χ0n) is 13.7. The number of nitrogens with zero attached hydrogens (tertiary/aromatic N) is 1. The second kappa shape index (κ2) is 5.96. The molecule has 1 amide bonds. The number of aliphatic carboxylic acids is 1. The van der Waals surface area contributed by atoms with Crippen molar-refractivity contribution in [3.05, 3.63) is 35.4 Å². The van der Waals surface area contributed by atoms with E-state index in [-0.39, 0.29) is 17.4 Å². The summed E-state index contributed by atoms with van der Waals surface area (Å²) in [6.45, 7) is 6.70. The Hall–Kier alpha value is -1.88. The van der Waals surface area contributed by atoms with Gasteiger partial charge in [0, 0.05) is 6.54 Å². The maximum atomic E-state index is 12.4. The van der Waals surface area contributed by atoms with Crippen LogP contribution in [0, 0.1) is 5.41 Å². The molecule has 1 fully saturated rings. The molecular weight excluding hydrogens is 292 g/mol. The summed E-state index contributed by atoms with van der Waals surface area (Å²) in [6.07, 6.45) is 1.54. The molecule has 23 heavy (non-hydrogen) atoms. The van der Waals surface area contributed by atoms with E-state index in [2.05, 4.69) is 24.1 Å². The molecule has 1 aromatic carbocycles. The number of likely N-dealkylation sites (tertiary alicyclic amines) is 1. The van der Waals surface area contributed by atoms with Crippen LogP contribution in [0.5, 0.6) is 0 Å². The maximum absolute atomic E-state index is 12.4. The third-order valence-electron chi connectivity index (χ3n) is 4.98. The van der Waals surface area contributed by atoms with E-state index >= 15 is 0 Å². The van der Waals surface area contributed by atoms with Crippen molar-refractivity contribution in [2.75, 3.05) is 19.6 Å². The zero-order valence-corrected chi connectivity index (χ0v) is 13.7. The van der Waals surface area contributed by atoms with Crippen LogP contribution >= 0.6 is 0 Å². The van der Waals surface area contributed by atoms with Gasteiger partial charge in [-0.25, -0.2) is 0 Å². The van der Waals surface area contributed by atoms with E-state index in [0.29, 0.717) is 13.0 Å². The van der Waals surface area contributed by atoms with Gasteiger partial charge in [0.05, 0.1) is 18.5 Å². The molecule has 0 spiro atoms. The van der Waals surface area contributed by atoms with Crippen molar-refractivity contribution in [1.29, 1.82) is 0 Å². The first kappa shape index (κ1) is 16.0. The standard InChI is InChI=1S/C18H24N2O3/c1-18(2)7-8-20(11-18)10-16(21)19-15-9-14(17(22)23)12-5-3-4-6-13(12)15/h3-6,14-15H,7-11H2,1-2H3,(H,19,21)(H,22,23). The lowest BCUT2D eigenvalue weighted by Gasteiger charge is -2.21. The number of benzene rings is 1. The van der Waals surface area contributed by atoms with Gasteiger partial charge in [-0.1, -0.05) is 38.1 Å².